The summed E-state index contributed by atoms with van der Waals surface area (Å²) in [4.78, 5) is 23.3. The number of aromatic nitrogens is 2. The van der Waals surface area contributed by atoms with Gasteiger partial charge in [0.2, 0.25) is 0 Å². The van der Waals surface area contributed by atoms with Gasteiger partial charge in [-0.15, -0.1) is 0 Å². The molecule has 0 bridgehead atoms. The predicted molar refractivity (Wildman–Crippen MR) is 63.9 cm³/mol. The normalized spacial score (nSPS) is 10.0. The maximum atomic E-state index is 11.6. The summed E-state index contributed by atoms with van der Waals surface area (Å²) in [5.74, 6) is 0. The van der Waals surface area contributed by atoms with Crippen molar-refractivity contribution in [1.82, 2.24) is 9.13 Å². The molecule has 6 heteroatoms. The van der Waals surface area contributed by atoms with E-state index in [1.165, 1.54) is 35.4 Å². The highest BCUT2D eigenvalue weighted by molar-refractivity contribution is 5.79. The minimum Gasteiger partial charge on any atom is -0.305 e. The second-order valence-electron chi connectivity index (χ2n) is 3.84. The lowest BCUT2D eigenvalue weighted by molar-refractivity contribution is 0.798. The van der Waals surface area contributed by atoms with E-state index in [1.807, 2.05) is 12.1 Å². The molecule has 0 spiro atoms. The number of hydrogen-bond donors (Lipinski definition) is 0. The topological polar surface area (TPSA) is 91.6 Å². The predicted octanol–water partition coefficient (Wildman–Crippen LogP) is -0.0194. The minimum atomic E-state index is -0.668. The van der Waals surface area contributed by atoms with Gasteiger partial charge in [-0.05, 0) is 12.1 Å². The number of nitriles is 2. The molecule has 1 aromatic heterocycles. The Morgan fingerprint density at radius 2 is 1.22 bits per heavy atom. The minimum absolute atomic E-state index is 0.179. The molecule has 0 aliphatic heterocycles. The highest BCUT2D eigenvalue weighted by atomic mass is 16.2. The van der Waals surface area contributed by atoms with Gasteiger partial charge in [0.25, 0.3) is 0 Å². The van der Waals surface area contributed by atoms with E-state index in [0.29, 0.717) is 11.0 Å². The van der Waals surface area contributed by atoms with E-state index in [9.17, 15) is 9.59 Å². The monoisotopic (exact) mass is 240 g/mol. The van der Waals surface area contributed by atoms with E-state index < -0.39 is 11.1 Å². The van der Waals surface area contributed by atoms with E-state index >= 15 is 0 Å². The van der Waals surface area contributed by atoms with E-state index in [4.69, 9.17) is 10.5 Å². The van der Waals surface area contributed by atoms with E-state index in [0.717, 1.165) is 0 Å². The molecule has 0 N–H and O–H groups in total. The smallest absolute Gasteiger partial charge is 0.305 e. The van der Waals surface area contributed by atoms with Crippen LogP contribution in [0.1, 0.15) is 11.1 Å². The number of rotatable bonds is 0. The molecule has 6 nitrogen and oxygen atoms in total. The third-order valence-corrected chi connectivity index (χ3v) is 2.87. The number of benzene rings is 1. The number of fused-ring (bicyclic) bond motifs is 1. The zero-order valence-corrected chi connectivity index (χ0v) is 9.76. The fraction of sp³-hybridized carbons (Fsp3) is 0.167. The highest BCUT2D eigenvalue weighted by Crippen LogP contribution is 2.16. The van der Waals surface area contributed by atoms with Crippen LogP contribution in [0.3, 0.4) is 0 Å². The van der Waals surface area contributed by atoms with Crippen molar-refractivity contribution in [3.63, 3.8) is 0 Å². The van der Waals surface area contributed by atoms with Gasteiger partial charge in [-0.3, -0.25) is 9.59 Å². The zero-order chi connectivity index (χ0) is 13.4. The molecule has 88 valence electrons. The molecule has 0 atom stereocenters. The van der Waals surface area contributed by atoms with Gasteiger partial charge in [0.05, 0.1) is 22.2 Å². The van der Waals surface area contributed by atoms with Gasteiger partial charge in [-0.25, -0.2) is 0 Å². The molecule has 0 saturated heterocycles. The molecule has 1 aromatic carbocycles. The van der Waals surface area contributed by atoms with Crippen molar-refractivity contribution in [2.75, 3.05) is 0 Å². The molecule has 0 saturated carbocycles. The molecule has 0 aliphatic rings. The molecular weight excluding hydrogens is 232 g/mol. The van der Waals surface area contributed by atoms with Gasteiger partial charge in [0.1, 0.15) is 12.1 Å². The summed E-state index contributed by atoms with van der Waals surface area (Å²) in [5, 5.41) is 17.9. The molecule has 18 heavy (non-hydrogen) atoms. The summed E-state index contributed by atoms with van der Waals surface area (Å²) in [6.07, 6.45) is 0. The Morgan fingerprint density at radius 3 is 1.50 bits per heavy atom. The molecule has 0 amide bonds. The van der Waals surface area contributed by atoms with Gasteiger partial charge in [0, 0.05) is 14.1 Å². The Hall–Kier alpha value is -2.86. The van der Waals surface area contributed by atoms with Crippen molar-refractivity contribution >= 4 is 11.0 Å². The first kappa shape index (κ1) is 11.6. The quantitative estimate of drug-likeness (QED) is 0.605. The van der Waals surface area contributed by atoms with Crippen molar-refractivity contribution in [1.29, 1.82) is 10.5 Å². The fourth-order valence-corrected chi connectivity index (χ4v) is 1.80. The Morgan fingerprint density at radius 1 is 0.889 bits per heavy atom. The first-order valence-corrected chi connectivity index (χ1v) is 5.05. The lowest BCUT2D eigenvalue weighted by Crippen LogP contribution is -2.39. The third-order valence-electron chi connectivity index (χ3n) is 2.87. The van der Waals surface area contributed by atoms with Gasteiger partial charge < -0.3 is 9.13 Å². The molecule has 2 aromatic rings. The van der Waals surface area contributed by atoms with Gasteiger partial charge in [-0.1, -0.05) is 0 Å². The van der Waals surface area contributed by atoms with E-state index in [-0.39, 0.29) is 11.1 Å². The zero-order valence-electron chi connectivity index (χ0n) is 9.76. The van der Waals surface area contributed by atoms with Gasteiger partial charge >= 0.3 is 11.1 Å². The average molecular weight is 240 g/mol. The van der Waals surface area contributed by atoms with Crippen LogP contribution in [-0.2, 0) is 14.1 Å². The molecule has 0 fully saturated rings. The summed E-state index contributed by atoms with van der Waals surface area (Å²) in [6.45, 7) is 0. The lowest BCUT2D eigenvalue weighted by Gasteiger charge is -2.09. The van der Waals surface area contributed by atoms with Crippen LogP contribution in [0.25, 0.3) is 11.0 Å². The average Bonchev–Trinajstić information content (AvgIpc) is 2.41. The lowest BCUT2D eigenvalue weighted by atomic mass is 10.1. The van der Waals surface area contributed by atoms with Gasteiger partial charge in [-0.2, -0.15) is 10.5 Å². The Bertz CT molecular complexity index is 787. The molecule has 2 rings (SSSR count). The Labute approximate surface area is 102 Å². The summed E-state index contributed by atoms with van der Waals surface area (Å²) in [7, 11) is 2.92. The second kappa shape index (κ2) is 3.86. The first-order chi connectivity index (χ1) is 8.51. The summed E-state index contributed by atoms with van der Waals surface area (Å²) >= 11 is 0. The first-order valence-electron chi connectivity index (χ1n) is 5.05. The van der Waals surface area contributed by atoms with E-state index in [2.05, 4.69) is 0 Å². The molecule has 0 radical (unpaired) electrons. The van der Waals surface area contributed by atoms with Gasteiger partial charge in [0.15, 0.2) is 0 Å². The SMILES string of the molecule is Cn1c(=O)c(=O)n(C)c2cc(C#N)c(C#N)cc21. The van der Waals surface area contributed by atoms with Crippen molar-refractivity contribution in [3.05, 3.63) is 44.0 Å². The van der Waals surface area contributed by atoms with Crippen LogP contribution >= 0.6 is 0 Å². The van der Waals surface area contributed by atoms with Crippen LogP contribution in [0.2, 0.25) is 0 Å². The Kier molecular flexibility index (Phi) is 2.49. The second-order valence-corrected chi connectivity index (χ2v) is 3.84. The third kappa shape index (κ3) is 1.40. The molecular formula is C12H8N4O2. The van der Waals surface area contributed by atoms with Crippen molar-refractivity contribution in [3.8, 4) is 12.1 Å². The molecule has 1 heterocycles. The van der Waals surface area contributed by atoms with Crippen molar-refractivity contribution in [2.45, 2.75) is 0 Å². The fourth-order valence-electron chi connectivity index (χ4n) is 1.80. The molecule has 0 aliphatic carbocycles. The maximum absolute atomic E-state index is 11.6. The summed E-state index contributed by atoms with van der Waals surface area (Å²) in [5.41, 5.74) is -0.0928. The van der Waals surface area contributed by atoms with Crippen LogP contribution in [0.5, 0.6) is 0 Å². The molecule has 0 unspecified atom stereocenters. The maximum Gasteiger partial charge on any atom is 0.316 e. The number of nitrogens with zero attached hydrogens (tertiary/aromatic N) is 4. The number of hydrogen-bond acceptors (Lipinski definition) is 4. The van der Waals surface area contributed by atoms with Crippen molar-refractivity contribution < 1.29 is 0 Å². The van der Waals surface area contributed by atoms with Crippen molar-refractivity contribution in [2.24, 2.45) is 14.1 Å². The summed E-state index contributed by atoms with van der Waals surface area (Å²) < 4.78 is 2.36. The number of aryl methyl sites for hydroxylation is 2. The summed E-state index contributed by atoms with van der Waals surface area (Å²) in [6, 6.07) is 6.67. The van der Waals surface area contributed by atoms with Crippen LogP contribution in [0.15, 0.2) is 21.7 Å². The largest absolute Gasteiger partial charge is 0.316 e. The highest BCUT2D eigenvalue weighted by Gasteiger charge is 2.12. The van der Waals surface area contributed by atoms with E-state index in [1.54, 1.807) is 0 Å². The van der Waals surface area contributed by atoms with Crippen LogP contribution in [-0.4, -0.2) is 9.13 Å². The van der Waals surface area contributed by atoms with Crippen LogP contribution in [0.4, 0.5) is 0 Å². The standard InChI is InChI=1S/C12H8N4O2/c1-15-9-3-7(5-13)8(6-14)4-10(9)16(2)12(18)11(15)17/h3-4H,1-2H3. The van der Waals surface area contributed by atoms with Crippen LogP contribution in [0, 0.1) is 22.7 Å². The van der Waals surface area contributed by atoms with Crippen LogP contribution < -0.4 is 11.1 Å². The Balaban J connectivity index is 3.15.